The van der Waals surface area contributed by atoms with Crippen molar-refractivity contribution in [1.82, 2.24) is 0 Å². The van der Waals surface area contributed by atoms with Gasteiger partial charge in [0, 0.05) is 12.8 Å². The second kappa shape index (κ2) is 5.89. The minimum absolute atomic E-state index is 0.262. The molecule has 0 amide bonds. The molecule has 1 aliphatic rings. The number of esters is 1. The van der Waals surface area contributed by atoms with Crippen LogP contribution in [-0.2, 0) is 17.6 Å². The second-order valence-electron chi connectivity index (χ2n) is 6.91. The molecule has 0 aliphatic heterocycles. The lowest BCUT2D eigenvalue weighted by molar-refractivity contribution is -0.00430. The van der Waals surface area contributed by atoms with Gasteiger partial charge in [0.05, 0.1) is 5.56 Å². The lowest BCUT2D eigenvalue weighted by Gasteiger charge is -2.24. The van der Waals surface area contributed by atoms with Gasteiger partial charge in [-0.2, -0.15) is 0 Å². The summed E-state index contributed by atoms with van der Waals surface area (Å²) in [6.45, 7) is 5.88. The number of benzene rings is 3. The Balaban J connectivity index is 1.67. The van der Waals surface area contributed by atoms with Crippen molar-refractivity contribution in [2.75, 3.05) is 0 Å². The lowest BCUT2D eigenvalue weighted by atomic mass is 9.99. The highest BCUT2D eigenvalue weighted by Gasteiger charge is 2.36. The Bertz CT molecular complexity index is 959. The van der Waals surface area contributed by atoms with Crippen molar-refractivity contribution >= 4 is 22.8 Å². The molecule has 0 unspecified atom stereocenters. The molecule has 2 nitrogen and oxygen atoms in total. The Hall–Kier alpha value is -2.87. The van der Waals surface area contributed by atoms with Gasteiger partial charge < -0.3 is 4.74 Å². The molecule has 0 bridgehead atoms. The molecule has 3 aromatic carbocycles. The van der Waals surface area contributed by atoms with Crippen molar-refractivity contribution in [2.45, 2.75) is 25.4 Å². The van der Waals surface area contributed by atoms with Crippen LogP contribution in [0.4, 0.5) is 0 Å². The van der Waals surface area contributed by atoms with Gasteiger partial charge in [0.25, 0.3) is 0 Å². The maximum Gasteiger partial charge on any atom is 0.339 e. The summed E-state index contributed by atoms with van der Waals surface area (Å²) in [5.41, 5.74) is 3.68. The third kappa shape index (κ3) is 2.74. The van der Waals surface area contributed by atoms with Gasteiger partial charge in [0.15, 0.2) is 0 Å². The summed E-state index contributed by atoms with van der Waals surface area (Å²) in [5.74, 6) is -0.262. The van der Waals surface area contributed by atoms with Gasteiger partial charge >= 0.3 is 5.97 Å². The summed E-state index contributed by atoms with van der Waals surface area (Å²) in [5, 5.41) is 1.93. The first kappa shape index (κ1) is 15.6. The fourth-order valence-corrected chi connectivity index (χ4v) is 3.81. The van der Waals surface area contributed by atoms with E-state index in [9.17, 15) is 4.79 Å². The average Bonchev–Trinajstić information content (AvgIpc) is 2.96. The number of carbonyl (C=O) groups is 1. The van der Waals surface area contributed by atoms with Crippen molar-refractivity contribution in [2.24, 2.45) is 0 Å². The lowest BCUT2D eigenvalue weighted by Crippen LogP contribution is -2.32. The zero-order valence-electron chi connectivity index (χ0n) is 14.3. The first-order chi connectivity index (χ1) is 12.1. The molecule has 0 aromatic heterocycles. The van der Waals surface area contributed by atoms with E-state index in [1.807, 2.05) is 61.5 Å². The third-order valence-electron chi connectivity index (χ3n) is 4.98. The zero-order valence-corrected chi connectivity index (χ0v) is 14.3. The summed E-state index contributed by atoms with van der Waals surface area (Å²) in [7, 11) is 0. The van der Waals surface area contributed by atoms with Crippen molar-refractivity contribution in [1.29, 1.82) is 0 Å². The number of hydrogen-bond donors (Lipinski definition) is 0. The number of fused-ring (bicyclic) bond motifs is 2. The van der Waals surface area contributed by atoms with E-state index >= 15 is 0 Å². The molecule has 4 rings (SSSR count). The van der Waals surface area contributed by atoms with Crippen molar-refractivity contribution in [3.8, 4) is 0 Å². The van der Waals surface area contributed by atoms with Gasteiger partial charge in [0.1, 0.15) is 5.60 Å². The van der Waals surface area contributed by atoms with Crippen molar-refractivity contribution < 1.29 is 9.53 Å². The van der Waals surface area contributed by atoms with E-state index in [1.165, 1.54) is 11.1 Å². The summed E-state index contributed by atoms with van der Waals surface area (Å²) >= 11 is 0. The average molecular weight is 328 g/mol. The maximum atomic E-state index is 12.9. The van der Waals surface area contributed by atoms with Gasteiger partial charge in [-0.15, -0.1) is 0 Å². The third-order valence-corrected chi connectivity index (χ3v) is 4.98. The van der Waals surface area contributed by atoms with Gasteiger partial charge in [-0.25, -0.2) is 4.79 Å². The highest BCUT2D eigenvalue weighted by atomic mass is 16.6. The smallest absolute Gasteiger partial charge is 0.339 e. The predicted molar refractivity (Wildman–Crippen MR) is 102 cm³/mol. The normalized spacial score (nSPS) is 14.9. The molecule has 0 fully saturated rings. The minimum atomic E-state index is -0.487. The molecule has 0 heterocycles. The van der Waals surface area contributed by atoms with Crippen LogP contribution in [0.25, 0.3) is 16.8 Å². The molecule has 3 aromatic rings. The van der Waals surface area contributed by atoms with Gasteiger partial charge in [0.2, 0.25) is 0 Å². The van der Waals surface area contributed by atoms with Gasteiger partial charge in [-0.1, -0.05) is 67.3 Å². The summed E-state index contributed by atoms with van der Waals surface area (Å²) < 4.78 is 5.98. The number of carbonyl (C=O) groups excluding carboxylic acids is 1. The second-order valence-corrected chi connectivity index (χ2v) is 6.91. The topological polar surface area (TPSA) is 26.3 Å². The zero-order chi connectivity index (χ0) is 17.4. The minimum Gasteiger partial charge on any atom is -0.455 e. The van der Waals surface area contributed by atoms with Crippen LogP contribution in [-0.4, -0.2) is 11.6 Å². The van der Waals surface area contributed by atoms with Crippen LogP contribution >= 0.6 is 0 Å². The van der Waals surface area contributed by atoms with Crippen LogP contribution in [0.1, 0.15) is 34.0 Å². The summed E-state index contributed by atoms with van der Waals surface area (Å²) in [6, 6.07) is 20.0. The van der Waals surface area contributed by atoms with E-state index in [-0.39, 0.29) is 5.97 Å². The summed E-state index contributed by atoms with van der Waals surface area (Å²) in [4.78, 5) is 12.9. The molecule has 0 saturated heterocycles. The molecule has 1 aliphatic carbocycles. The molecule has 124 valence electrons. The van der Waals surface area contributed by atoms with Crippen LogP contribution < -0.4 is 0 Å². The van der Waals surface area contributed by atoms with E-state index < -0.39 is 5.60 Å². The van der Waals surface area contributed by atoms with E-state index in [0.717, 1.165) is 29.2 Å². The first-order valence-electron chi connectivity index (χ1n) is 8.54. The van der Waals surface area contributed by atoms with E-state index in [1.54, 1.807) is 0 Å². The highest BCUT2D eigenvalue weighted by Crippen LogP contribution is 2.34. The van der Waals surface area contributed by atoms with Crippen LogP contribution in [0.3, 0.4) is 0 Å². The van der Waals surface area contributed by atoms with Crippen molar-refractivity contribution in [3.05, 3.63) is 89.5 Å². The van der Waals surface area contributed by atoms with Crippen LogP contribution in [0.15, 0.2) is 67.2 Å². The Morgan fingerprint density at radius 2 is 1.60 bits per heavy atom. The first-order valence-corrected chi connectivity index (χ1v) is 8.54. The molecule has 0 atom stereocenters. The molecule has 0 saturated carbocycles. The highest BCUT2D eigenvalue weighted by molar-refractivity contribution is 6.06. The van der Waals surface area contributed by atoms with E-state index in [2.05, 4.69) is 18.7 Å². The Kier molecular flexibility index (Phi) is 3.69. The van der Waals surface area contributed by atoms with E-state index in [4.69, 9.17) is 4.74 Å². The Morgan fingerprint density at radius 1 is 0.960 bits per heavy atom. The SMILES string of the molecule is C=Cc1cccc2c(C(=O)OC3(C)Cc4ccccc4C3)cccc12. The monoisotopic (exact) mass is 328 g/mol. The molecule has 0 spiro atoms. The fraction of sp³-hybridized carbons (Fsp3) is 0.174. The number of hydrogen-bond acceptors (Lipinski definition) is 2. The molecule has 0 N–H and O–H groups in total. The molecular weight excluding hydrogens is 308 g/mol. The molecule has 2 heteroatoms. The Morgan fingerprint density at radius 3 is 2.28 bits per heavy atom. The van der Waals surface area contributed by atoms with Crippen molar-refractivity contribution in [3.63, 3.8) is 0 Å². The number of ether oxygens (including phenoxy) is 1. The molecule has 0 radical (unpaired) electrons. The quantitative estimate of drug-likeness (QED) is 0.618. The number of rotatable bonds is 3. The molecule has 25 heavy (non-hydrogen) atoms. The summed E-state index contributed by atoms with van der Waals surface area (Å²) in [6.07, 6.45) is 3.33. The largest absolute Gasteiger partial charge is 0.455 e. The molecular formula is C23H20O2. The van der Waals surface area contributed by atoms with Gasteiger partial charge in [-0.05, 0) is 40.5 Å². The Labute approximate surface area is 147 Å². The standard InChI is InChI=1S/C23H20O2/c1-3-16-10-6-12-20-19(16)11-7-13-21(20)22(24)25-23(2)14-17-8-4-5-9-18(17)15-23/h3-13H,1,14-15H2,2H3. The fourth-order valence-electron chi connectivity index (χ4n) is 3.81. The predicted octanol–water partition coefficient (Wildman–Crippen LogP) is 5.20. The van der Waals surface area contributed by atoms with E-state index in [0.29, 0.717) is 5.56 Å². The van der Waals surface area contributed by atoms with Gasteiger partial charge in [-0.3, -0.25) is 0 Å². The van der Waals surface area contributed by atoms with Crippen LogP contribution in [0, 0.1) is 0 Å². The maximum absolute atomic E-state index is 12.9. The van der Waals surface area contributed by atoms with Crippen LogP contribution in [0.5, 0.6) is 0 Å². The van der Waals surface area contributed by atoms with Crippen LogP contribution in [0.2, 0.25) is 0 Å².